The zero-order valence-corrected chi connectivity index (χ0v) is 11.6. The molecule has 4 heteroatoms. The molecule has 0 aliphatic rings. The minimum absolute atomic E-state index is 0.393. The number of ether oxygens (including phenoxy) is 1. The number of aliphatic hydroxyl groups excluding tert-OH is 1. The summed E-state index contributed by atoms with van der Waals surface area (Å²) >= 11 is 1.71. The van der Waals surface area contributed by atoms with Gasteiger partial charge in [-0.2, -0.15) is 11.3 Å². The standard InChI is InChI=1S/C13H23NO2S/c1-3-4-6-16-10-13(15)9-14(2)8-12-5-7-17-11-12/h5,7,11,13,15H,3-4,6,8-10H2,1-2H3. The van der Waals surface area contributed by atoms with Crippen LogP contribution in [0.3, 0.4) is 0 Å². The molecule has 0 saturated heterocycles. The minimum atomic E-state index is -0.393. The molecule has 0 saturated carbocycles. The Bertz CT molecular complexity index is 277. The van der Waals surface area contributed by atoms with Gasteiger partial charge in [-0.15, -0.1) is 0 Å². The van der Waals surface area contributed by atoms with Gasteiger partial charge < -0.3 is 9.84 Å². The summed E-state index contributed by atoms with van der Waals surface area (Å²) in [5.41, 5.74) is 1.30. The summed E-state index contributed by atoms with van der Waals surface area (Å²) in [6.07, 6.45) is 1.81. The van der Waals surface area contributed by atoms with Crippen molar-refractivity contribution in [1.82, 2.24) is 4.90 Å². The van der Waals surface area contributed by atoms with E-state index in [1.54, 1.807) is 11.3 Å². The van der Waals surface area contributed by atoms with Crippen LogP contribution in [0.2, 0.25) is 0 Å². The highest BCUT2D eigenvalue weighted by atomic mass is 32.1. The Hall–Kier alpha value is -0.420. The van der Waals surface area contributed by atoms with Crippen LogP contribution in [0.15, 0.2) is 16.8 Å². The molecule has 0 amide bonds. The SMILES string of the molecule is CCCCOCC(O)CN(C)Cc1ccsc1. The van der Waals surface area contributed by atoms with Crippen LogP contribution in [0, 0.1) is 0 Å². The fourth-order valence-corrected chi connectivity index (χ4v) is 2.30. The van der Waals surface area contributed by atoms with Crippen LogP contribution in [-0.2, 0) is 11.3 Å². The van der Waals surface area contributed by atoms with Crippen molar-refractivity contribution in [3.63, 3.8) is 0 Å². The van der Waals surface area contributed by atoms with Crippen molar-refractivity contribution < 1.29 is 9.84 Å². The summed E-state index contributed by atoms with van der Waals surface area (Å²) in [6, 6.07) is 2.12. The van der Waals surface area contributed by atoms with Crippen LogP contribution < -0.4 is 0 Å². The van der Waals surface area contributed by atoms with Crippen LogP contribution in [0.5, 0.6) is 0 Å². The predicted octanol–water partition coefficient (Wildman–Crippen LogP) is 2.36. The first-order chi connectivity index (χ1) is 8.22. The molecule has 0 aliphatic carbocycles. The highest BCUT2D eigenvalue weighted by Gasteiger charge is 2.08. The van der Waals surface area contributed by atoms with E-state index in [-0.39, 0.29) is 0 Å². The van der Waals surface area contributed by atoms with Crippen molar-refractivity contribution in [2.75, 3.05) is 26.8 Å². The number of aliphatic hydroxyl groups is 1. The molecule has 1 rings (SSSR count). The average molecular weight is 257 g/mol. The predicted molar refractivity (Wildman–Crippen MR) is 72.4 cm³/mol. The normalized spacial score (nSPS) is 13.2. The Labute approximate surface area is 108 Å². The first kappa shape index (κ1) is 14.6. The molecule has 0 aromatic carbocycles. The zero-order valence-electron chi connectivity index (χ0n) is 10.8. The maximum Gasteiger partial charge on any atom is 0.0900 e. The van der Waals surface area contributed by atoms with Crippen LogP contribution >= 0.6 is 11.3 Å². The van der Waals surface area contributed by atoms with E-state index in [4.69, 9.17) is 4.74 Å². The van der Waals surface area contributed by atoms with Gasteiger partial charge in [-0.1, -0.05) is 13.3 Å². The topological polar surface area (TPSA) is 32.7 Å². The van der Waals surface area contributed by atoms with Crippen LogP contribution in [0.4, 0.5) is 0 Å². The number of likely N-dealkylation sites (N-methyl/N-ethyl adjacent to an activating group) is 1. The molecule has 1 unspecified atom stereocenters. The molecule has 0 fully saturated rings. The minimum Gasteiger partial charge on any atom is -0.389 e. The number of hydrogen-bond acceptors (Lipinski definition) is 4. The summed E-state index contributed by atoms with van der Waals surface area (Å²) in [5.74, 6) is 0. The molecule has 3 nitrogen and oxygen atoms in total. The van der Waals surface area contributed by atoms with Gasteiger partial charge in [0.1, 0.15) is 0 Å². The molecule has 1 atom stereocenters. The third-order valence-corrected chi connectivity index (χ3v) is 3.24. The van der Waals surface area contributed by atoms with Crippen LogP contribution in [0.1, 0.15) is 25.3 Å². The van der Waals surface area contributed by atoms with Gasteiger partial charge in [-0.05, 0) is 35.9 Å². The molecule has 1 aromatic heterocycles. The summed E-state index contributed by atoms with van der Waals surface area (Å²) in [6.45, 7) is 4.86. The molecule has 98 valence electrons. The second-order valence-corrected chi connectivity index (χ2v) is 5.19. The van der Waals surface area contributed by atoms with Gasteiger partial charge in [0.05, 0.1) is 12.7 Å². The monoisotopic (exact) mass is 257 g/mol. The zero-order chi connectivity index (χ0) is 12.5. The van der Waals surface area contributed by atoms with Gasteiger partial charge in [0.15, 0.2) is 0 Å². The van der Waals surface area contributed by atoms with E-state index in [2.05, 4.69) is 28.7 Å². The van der Waals surface area contributed by atoms with Crippen molar-refractivity contribution in [2.24, 2.45) is 0 Å². The van der Waals surface area contributed by atoms with Crippen LogP contribution in [-0.4, -0.2) is 42.9 Å². The van der Waals surface area contributed by atoms with Gasteiger partial charge in [0, 0.05) is 19.7 Å². The van der Waals surface area contributed by atoms with E-state index in [0.717, 1.165) is 26.0 Å². The molecule has 1 heterocycles. The second-order valence-electron chi connectivity index (χ2n) is 4.41. The molecule has 17 heavy (non-hydrogen) atoms. The number of unbranched alkanes of at least 4 members (excludes halogenated alkanes) is 1. The summed E-state index contributed by atoms with van der Waals surface area (Å²) in [7, 11) is 2.02. The molecular formula is C13H23NO2S. The van der Waals surface area contributed by atoms with E-state index in [9.17, 15) is 5.11 Å². The van der Waals surface area contributed by atoms with Gasteiger partial charge in [-0.25, -0.2) is 0 Å². The smallest absolute Gasteiger partial charge is 0.0900 e. The molecule has 0 spiro atoms. The van der Waals surface area contributed by atoms with Gasteiger partial charge in [-0.3, -0.25) is 4.90 Å². The number of hydrogen-bond donors (Lipinski definition) is 1. The summed E-state index contributed by atoms with van der Waals surface area (Å²) in [5, 5.41) is 14.0. The lowest BCUT2D eigenvalue weighted by Gasteiger charge is -2.20. The van der Waals surface area contributed by atoms with Crippen molar-refractivity contribution in [3.05, 3.63) is 22.4 Å². The van der Waals surface area contributed by atoms with E-state index in [0.29, 0.717) is 13.2 Å². The number of nitrogens with zero attached hydrogens (tertiary/aromatic N) is 1. The quantitative estimate of drug-likeness (QED) is 0.689. The van der Waals surface area contributed by atoms with Crippen molar-refractivity contribution in [2.45, 2.75) is 32.4 Å². The fraction of sp³-hybridized carbons (Fsp3) is 0.692. The number of rotatable bonds is 9. The lowest BCUT2D eigenvalue weighted by Crippen LogP contribution is -2.31. The molecular weight excluding hydrogens is 234 g/mol. The lowest BCUT2D eigenvalue weighted by atomic mass is 10.3. The second kappa shape index (κ2) is 8.64. The van der Waals surface area contributed by atoms with Crippen LogP contribution in [0.25, 0.3) is 0 Å². The molecule has 0 bridgehead atoms. The maximum atomic E-state index is 9.78. The highest BCUT2D eigenvalue weighted by Crippen LogP contribution is 2.08. The Morgan fingerprint density at radius 1 is 1.53 bits per heavy atom. The average Bonchev–Trinajstić information content (AvgIpc) is 2.77. The summed E-state index contributed by atoms with van der Waals surface area (Å²) in [4.78, 5) is 2.12. The maximum absolute atomic E-state index is 9.78. The molecule has 1 aromatic rings. The van der Waals surface area contributed by atoms with Crippen molar-refractivity contribution in [1.29, 1.82) is 0 Å². The Morgan fingerprint density at radius 2 is 2.35 bits per heavy atom. The van der Waals surface area contributed by atoms with Crippen molar-refractivity contribution >= 4 is 11.3 Å². The molecule has 1 N–H and O–H groups in total. The van der Waals surface area contributed by atoms with E-state index in [1.165, 1.54) is 5.56 Å². The number of thiophene rings is 1. The highest BCUT2D eigenvalue weighted by molar-refractivity contribution is 7.07. The third-order valence-electron chi connectivity index (χ3n) is 2.51. The first-order valence-electron chi connectivity index (χ1n) is 6.17. The van der Waals surface area contributed by atoms with Crippen molar-refractivity contribution in [3.8, 4) is 0 Å². The molecule has 0 aliphatic heterocycles. The van der Waals surface area contributed by atoms with E-state index >= 15 is 0 Å². The summed E-state index contributed by atoms with van der Waals surface area (Å²) < 4.78 is 5.40. The molecule has 0 radical (unpaired) electrons. The van der Waals surface area contributed by atoms with Gasteiger partial charge >= 0.3 is 0 Å². The van der Waals surface area contributed by atoms with Gasteiger partial charge in [0.25, 0.3) is 0 Å². The van der Waals surface area contributed by atoms with E-state index < -0.39 is 6.10 Å². The van der Waals surface area contributed by atoms with E-state index in [1.807, 2.05) is 7.05 Å². The first-order valence-corrected chi connectivity index (χ1v) is 7.12. The fourth-order valence-electron chi connectivity index (χ4n) is 1.64. The Morgan fingerprint density at radius 3 is 3.00 bits per heavy atom. The Kier molecular flexibility index (Phi) is 7.44. The largest absolute Gasteiger partial charge is 0.389 e. The Balaban J connectivity index is 2.10. The van der Waals surface area contributed by atoms with Gasteiger partial charge in [0.2, 0.25) is 0 Å². The lowest BCUT2D eigenvalue weighted by molar-refractivity contribution is 0.0188. The third kappa shape index (κ3) is 6.78.